The minimum absolute atomic E-state index is 0.256. The van der Waals surface area contributed by atoms with Crippen LogP contribution in [0.4, 0.5) is 0 Å². The maximum absolute atomic E-state index is 5.97. The molecular formula is C23H26N2O2. The van der Waals surface area contributed by atoms with Gasteiger partial charge in [-0.05, 0) is 44.0 Å². The van der Waals surface area contributed by atoms with Gasteiger partial charge < -0.3 is 9.15 Å². The Balaban J connectivity index is 1.51. The molecule has 4 heteroatoms. The second-order valence-corrected chi connectivity index (χ2v) is 7.42. The maximum Gasteiger partial charge on any atom is 0.226 e. The highest BCUT2D eigenvalue weighted by atomic mass is 16.5. The Labute approximate surface area is 160 Å². The van der Waals surface area contributed by atoms with Crippen molar-refractivity contribution in [2.24, 2.45) is 0 Å². The Hall–Kier alpha value is -2.43. The van der Waals surface area contributed by atoms with Gasteiger partial charge in [0.1, 0.15) is 5.76 Å². The second-order valence-electron chi connectivity index (χ2n) is 7.42. The molecule has 1 aliphatic rings. The molecule has 1 fully saturated rings. The standard InChI is InChI=1S/C23H26N2O2/c1-16-13-25(14-17(2)26-16)15-22-18(3)27-23(24-22)21-11-9-20(10-12-21)19-7-5-4-6-8-19/h4-12,16-17H,13-15H2,1-3H3/t16-,17+. The Morgan fingerprint density at radius 1 is 0.889 bits per heavy atom. The van der Waals surface area contributed by atoms with E-state index in [4.69, 9.17) is 14.1 Å². The van der Waals surface area contributed by atoms with Crippen molar-refractivity contribution in [1.82, 2.24) is 9.88 Å². The lowest BCUT2D eigenvalue weighted by Crippen LogP contribution is -2.44. The quantitative estimate of drug-likeness (QED) is 0.660. The minimum Gasteiger partial charge on any atom is -0.441 e. The Morgan fingerprint density at radius 2 is 1.48 bits per heavy atom. The third-order valence-corrected chi connectivity index (χ3v) is 5.00. The molecule has 3 aromatic rings. The molecule has 2 aromatic carbocycles. The van der Waals surface area contributed by atoms with Crippen LogP contribution in [0.3, 0.4) is 0 Å². The number of ether oxygens (including phenoxy) is 1. The van der Waals surface area contributed by atoms with Gasteiger partial charge in [0.2, 0.25) is 5.89 Å². The van der Waals surface area contributed by atoms with Gasteiger partial charge >= 0.3 is 0 Å². The Kier molecular flexibility index (Phi) is 5.10. The predicted octanol–water partition coefficient (Wildman–Crippen LogP) is 4.93. The van der Waals surface area contributed by atoms with Crippen LogP contribution in [0.2, 0.25) is 0 Å². The highest BCUT2D eigenvalue weighted by Crippen LogP contribution is 2.26. The van der Waals surface area contributed by atoms with E-state index in [1.807, 2.05) is 13.0 Å². The van der Waals surface area contributed by atoms with Gasteiger partial charge in [-0.3, -0.25) is 4.90 Å². The van der Waals surface area contributed by atoms with Gasteiger partial charge in [0.15, 0.2) is 0 Å². The van der Waals surface area contributed by atoms with E-state index in [-0.39, 0.29) is 12.2 Å². The van der Waals surface area contributed by atoms with Gasteiger partial charge in [-0.2, -0.15) is 0 Å². The monoisotopic (exact) mass is 362 g/mol. The van der Waals surface area contributed by atoms with Crippen LogP contribution in [0.25, 0.3) is 22.6 Å². The van der Waals surface area contributed by atoms with Crippen LogP contribution < -0.4 is 0 Å². The number of morpholine rings is 1. The van der Waals surface area contributed by atoms with Crippen LogP contribution in [0, 0.1) is 6.92 Å². The smallest absolute Gasteiger partial charge is 0.226 e. The molecular weight excluding hydrogens is 336 g/mol. The van der Waals surface area contributed by atoms with E-state index in [2.05, 4.69) is 67.3 Å². The third-order valence-electron chi connectivity index (χ3n) is 5.00. The van der Waals surface area contributed by atoms with Crippen LogP contribution in [-0.2, 0) is 11.3 Å². The number of hydrogen-bond donors (Lipinski definition) is 0. The van der Waals surface area contributed by atoms with Gasteiger partial charge in [-0.25, -0.2) is 4.98 Å². The van der Waals surface area contributed by atoms with E-state index in [1.165, 1.54) is 11.1 Å². The van der Waals surface area contributed by atoms with Crippen LogP contribution >= 0.6 is 0 Å². The average Bonchev–Trinajstić information content (AvgIpc) is 3.02. The van der Waals surface area contributed by atoms with Crippen molar-refractivity contribution >= 4 is 0 Å². The summed E-state index contributed by atoms with van der Waals surface area (Å²) in [5, 5.41) is 0. The number of aromatic nitrogens is 1. The molecule has 0 N–H and O–H groups in total. The minimum atomic E-state index is 0.256. The van der Waals surface area contributed by atoms with Crippen molar-refractivity contribution in [2.45, 2.75) is 39.5 Å². The molecule has 1 saturated heterocycles. The number of benzene rings is 2. The van der Waals surface area contributed by atoms with Gasteiger partial charge in [-0.15, -0.1) is 0 Å². The summed E-state index contributed by atoms with van der Waals surface area (Å²) in [5.74, 6) is 1.58. The molecule has 0 aliphatic carbocycles. The summed E-state index contributed by atoms with van der Waals surface area (Å²) in [4.78, 5) is 7.17. The second kappa shape index (κ2) is 7.67. The molecule has 0 radical (unpaired) electrons. The van der Waals surface area contributed by atoms with Gasteiger partial charge in [0, 0.05) is 25.2 Å². The third kappa shape index (κ3) is 4.12. The summed E-state index contributed by atoms with van der Waals surface area (Å²) in [6.07, 6.45) is 0.511. The lowest BCUT2D eigenvalue weighted by Gasteiger charge is -2.34. The molecule has 140 valence electrons. The molecule has 0 bridgehead atoms. The number of hydrogen-bond acceptors (Lipinski definition) is 4. The first-order valence-electron chi connectivity index (χ1n) is 9.58. The van der Waals surface area contributed by atoms with E-state index < -0.39 is 0 Å². The lowest BCUT2D eigenvalue weighted by molar-refractivity contribution is -0.0708. The molecule has 0 spiro atoms. The van der Waals surface area contributed by atoms with Crippen molar-refractivity contribution in [3.63, 3.8) is 0 Å². The molecule has 2 heterocycles. The van der Waals surface area contributed by atoms with Gasteiger partial charge in [-0.1, -0.05) is 42.5 Å². The highest BCUT2D eigenvalue weighted by molar-refractivity contribution is 5.67. The summed E-state index contributed by atoms with van der Waals surface area (Å²) in [5.41, 5.74) is 4.43. The van der Waals surface area contributed by atoms with Gasteiger partial charge in [0.25, 0.3) is 0 Å². The zero-order valence-corrected chi connectivity index (χ0v) is 16.2. The van der Waals surface area contributed by atoms with E-state index in [1.54, 1.807) is 0 Å². The molecule has 2 atom stereocenters. The topological polar surface area (TPSA) is 38.5 Å². The fourth-order valence-electron chi connectivity index (χ4n) is 3.76. The van der Waals surface area contributed by atoms with Gasteiger partial charge in [0.05, 0.1) is 17.9 Å². The maximum atomic E-state index is 5.97. The molecule has 1 aliphatic heterocycles. The normalized spacial score (nSPS) is 20.7. The zero-order chi connectivity index (χ0) is 18.8. The zero-order valence-electron chi connectivity index (χ0n) is 16.2. The van der Waals surface area contributed by atoms with Crippen molar-refractivity contribution in [3.8, 4) is 22.6 Å². The average molecular weight is 362 g/mol. The molecule has 4 nitrogen and oxygen atoms in total. The molecule has 0 saturated carbocycles. The first-order chi connectivity index (χ1) is 13.1. The van der Waals surface area contributed by atoms with E-state index >= 15 is 0 Å². The summed E-state index contributed by atoms with van der Waals surface area (Å²) >= 11 is 0. The first-order valence-corrected chi connectivity index (χ1v) is 9.58. The summed E-state index contributed by atoms with van der Waals surface area (Å²) in [6, 6.07) is 18.8. The highest BCUT2D eigenvalue weighted by Gasteiger charge is 2.24. The summed E-state index contributed by atoms with van der Waals surface area (Å²) in [7, 11) is 0. The van der Waals surface area contributed by atoms with Crippen LogP contribution in [0.1, 0.15) is 25.3 Å². The van der Waals surface area contributed by atoms with Crippen molar-refractivity contribution in [3.05, 3.63) is 66.1 Å². The molecule has 0 unspecified atom stereocenters. The fraction of sp³-hybridized carbons (Fsp3) is 0.348. The van der Waals surface area contributed by atoms with Crippen LogP contribution in [0.5, 0.6) is 0 Å². The van der Waals surface area contributed by atoms with Crippen molar-refractivity contribution < 1.29 is 9.15 Å². The first kappa shape index (κ1) is 18.0. The number of nitrogens with zero attached hydrogens (tertiary/aromatic N) is 2. The predicted molar refractivity (Wildman–Crippen MR) is 107 cm³/mol. The number of rotatable bonds is 4. The number of oxazole rings is 1. The lowest BCUT2D eigenvalue weighted by atomic mass is 10.0. The largest absolute Gasteiger partial charge is 0.441 e. The van der Waals surface area contributed by atoms with E-state index in [0.717, 1.165) is 36.7 Å². The Bertz CT molecular complexity index is 877. The van der Waals surface area contributed by atoms with Crippen LogP contribution in [0.15, 0.2) is 59.0 Å². The fourth-order valence-corrected chi connectivity index (χ4v) is 3.76. The summed E-state index contributed by atoms with van der Waals surface area (Å²) < 4.78 is 11.8. The molecule has 0 amide bonds. The SMILES string of the molecule is Cc1oc(-c2ccc(-c3ccccc3)cc2)nc1CN1C[C@@H](C)O[C@@H](C)C1. The summed E-state index contributed by atoms with van der Waals surface area (Å²) in [6.45, 7) is 8.90. The van der Waals surface area contributed by atoms with Crippen LogP contribution in [-0.4, -0.2) is 35.2 Å². The van der Waals surface area contributed by atoms with E-state index in [0.29, 0.717) is 5.89 Å². The van der Waals surface area contributed by atoms with Crippen molar-refractivity contribution in [2.75, 3.05) is 13.1 Å². The number of aryl methyl sites for hydroxylation is 1. The molecule has 1 aromatic heterocycles. The molecule has 4 rings (SSSR count). The van der Waals surface area contributed by atoms with Crippen molar-refractivity contribution in [1.29, 1.82) is 0 Å². The molecule has 27 heavy (non-hydrogen) atoms. The van der Waals surface area contributed by atoms with E-state index in [9.17, 15) is 0 Å². The Morgan fingerprint density at radius 3 is 2.15 bits per heavy atom.